The molecule has 0 saturated heterocycles. The Kier molecular flexibility index (Phi) is 2.60. The lowest BCUT2D eigenvalue weighted by Crippen LogP contribution is -2.08. The van der Waals surface area contributed by atoms with Gasteiger partial charge in [0, 0.05) is 18.7 Å². The molecule has 9 heavy (non-hydrogen) atoms. The van der Waals surface area contributed by atoms with Crippen LogP contribution >= 0.6 is 22.5 Å². The third-order valence-electron chi connectivity index (χ3n) is 1.04. The zero-order valence-electron chi connectivity index (χ0n) is 5.11. The Morgan fingerprint density at radius 3 is 3.11 bits per heavy atom. The number of hydrogen-bond acceptors (Lipinski definition) is 4. The summed E-state index contributed by atoms with van der Waals surface area (Å²) < 4.78 is 0. The molecule has 0 saturated carbocycles. The first-order valence-electron chi connectivity index (χ1n) is 2.73. The lowest BCUT2D eigenvalue weighted by Gasteiger charge is -2.06. The summed E-state index contributed by atoms with van der Waals surface area (Å²) in [5, 5.41) is 0.774. The zero-order chi connectivity index (χ0) is 6.69. The van der Waals surface area contributed by atoms with Gasteiger partial charge in [0.05, 0.1) is 0 Å². The molecule has 0 bridgehead atoms. The molecule has 0 fully saturated rings. The van der Waals surface area contributed by atoms with Gasteiger partial charge in [-0.3, -0.25) is 4.99 Å². The number of hydrogen-bond donors (Lipinski definition) is 1. The lowest BCUT2D eigenvalue weighted by molar-refractivity contribution is 0.792. The Balaban J connectivity index is 2.52. The predicted octanol–water partition coefficient (Wildman–Crippen LogP) is 1.64. The number of thiol groups is 1. The summed E-state index contributed by atoms with van der Waals surface area (Å²) in [6.07, 6.45) is 1.91. The van der Waals surface area contributed by atoms with Crippen LogP contribution in [0.2, 0.25) is 0 Å². The van der Waals surface area contributed by atoms with Gasteiger partial charge in [0.1, 0.15) is 0 Å². The van der Waals surface area contributed by atoms with Crippen LogP contribution in [0.1, 0.15) is 6.92 Å². The normalized spacial score (nSPS) is 26.0. The molecule has 0 amide bonds. The van der Waals surface area contributed by atoms with E-state index >= 15 is 0 Å². The van der Waals surface area contributed by atoms with E-state index < -0.39 is 0 Å². The van der Waals surface area contributed by atoms with Crippen molar-refractivity contribution < 1.29 is 0 Å². The summed E-state index contributed by atoms with van der Waals surface area (Å²) in [6, 6.07) is 0. The highest BCUT2D eigenvalue weighted by Crippen LogP contribution is 2.13. The lowest BCUT2D eigenvalue weighted by atomic mass is 10.2. The predicted molar refractivity (Wildman–Crippen MR) is 46.5 cm³/mol. The van der Waals surface area contributed by atoms with Crippen LogP contribution in [-0.4, -0.2) is 17.9 Å². The molecule has 1 heterocycles. The molecule has 0 aromatic rings. The minimum Gasteiger partial charge on any atom is -0.259 e. The van der Waals surface area contributed by atoms with Crippen molar-refractivity contribution in [3.8, 4) is 0 Å². The van der Waals surface area contributed by atoms with E-state index in [1.165, 1.54) is 10.8 Å². The molecular weight excluding hydrogens is 152 g/mol. The zero-order valence-corrected chi connectivity index (χ0v) is 6.82. The van der Waals surface area contributed by atoms with Gasteiger partial charge in [0.15, 0.2) is 5.17 Å². The maximum Gasteiger partial charge on any atom is 0.193 e. The highest BCUT2D eigenvalue weighted by molar-refractivity contribution is 8.74. The van der Waals surface area contributed by atoms with Crippen molar-refractivity contribution in [2.75, 3.05) is 6.54 Å². The van der Waals surface area contributed by atoms with Gasteiger partial charge in [-0.1, -0.05) is 6.92 Å². The van der Waals surface area contributed by atoms with Crippen LogP contribution < -0.4 is 0 Å². The van der Waals surface area contributed by atoms with E-state index in [1.54, 1.807) is 0 Å². The Labute approximate surface area is 63.7 Å². The summed E-state index contributed by atoms with van der Waals surface area (Å²) in [6.45, 7) is 2.94. The summed E-state index contributed by atoms with van der Waals surface area (Å²) >= 11 is 3.97. The van der Waals surface area contributed by atoms with Crippen LogP contribution in [0.5, 0.6) is 0 Å². The fourth-order valence-electron chi connectivity index (χ4n) is 0.553. The van der Waals surface area contributed by atoms with E-state index in [0.29, 0.717) is 5.92 Å². The van der Waals surface area contributed by atoms with Crippen molar-refractivity contribution >= 4 is 33.8 Å². The van der Waals surface area contributed by atoms with E-state index in [4.69, 9.17) is 0 Å². The van der Waals surface area contributed by atoms with Gasteiger partial charge >= 0.3 is 0 Å². The van der Waals surface area contributed by atoms with Crippen LogP contribution in [0.4, 0.5) is 0 Å². The SMILES string of the molecule is CC1C=NC(SS)=NC1. The summed E-state index contributed by atoms with van der Waals surface area (Å²) in [5.74, 6) is 0.495. The molecule has 0 aromatic carbocycles. The van der Waals surface area contributed by atoms with Gasteiger partial charge in [-0.25, -0.2) is 4.99 Å². The largest absolute Gasteiger partial charge is 0.259 e. The van der Waals surface area contributed by atoms with E-state index in [0.717, 1.165) is 11.7 Å². The first-order valence-corrected chi connectivity index (χ1v) is 4.60. The van der Waals surface area contributed by atoms with Crippen molar-refractivity contribution in [3.63, 3.8) is 0 Å². The molecule has 2 nitrogen and oxygen atoms in total. The van der Waals surface area contributed by atoms with Crippen molar-refractivity contribution in [1.82, 2.24) is 0 Å². The first-order chi connectivity index (χ1) is 4.33. The molecule has 1 aliphatic heterocycles. The van der Waals surface area contributed by atoms with Gasteiger partial charge in [-0.15, -0.1) is 11.7 Å². The molecule has 0 aliphatic carbocycles. The number of rotatable bonds is 0. The minimum absolute atomic E-state index is 0.495. The molecule has 1 unspecified atom stereocenters. The Morgan fingerprint density at radius 2 is 2.67 bits per heavy atom. The van der Waals surface area contributed by atoms with Gasteiger partial charge < -0.3 is 0 Å². The average molecular weight is 160 g/mol. The van der Waals surface area contributed by atoms with Crippen LogP contribution in [0, 0.1) is 5.92 Å². The molecule has 1 atom stereocenters. The standard InChI is InChI=1S/C5H8N2S2/c1-4-2-6-5(9-8)7-3-4/h2,4,8H,3H2,1H3. The fourth-order valence-corrected chi connectivity index (χ4v) is 1.11. The smallest absolute Gasteiger partial charge is 0.193 e. The second-order valence-electron chi connectivity index (χ2n) is 1.97. The highest BCUT2D eigenvalue weighted by Gasteiger charge is 2.03. The molecule has 50 valence electrons. The summed E-state index contributed by atoms with van der Waals surface area (Å²) in [7, 11) is 1.29. The van der Waals surface area contributed by atoms with Gasteiger partial charge in [-0.05, 0) is 10.8 Å². The van der Waals surface area contributed by atoms with Crippen molar-refractivity contribution in [2.24, 2.45) is 15.9 Å². The van der Waals surface area contributed by atoms with Crippen molar-refractivity contribution in [2.45, 2.75) is 6.92 Å². The Hall–Kier alpha value is 0.0400. The van der Waals surface area contributed by atoms with Crippen LogP contribution in [0.3, 0.4) is 0 Å². The monoisotopic (exact) mass is 160 g/mol. The third kappa shape index (κ3) is 2.02. The topological polar surface area (TPSA) is 24.7 Å². The average Bonchev–Trinajstić information content (AvgIpc) is 1.90. The summed E-state index contributed by atoms with van der Waals surface area (Å²) in [4.78, 5) is 8.17. The second-order valence-corrected chi connectivity index (χ2v) is 3.07. The van der Waals surface area contributed by atoms with E-state index in [2.05, 4.69) is 28.6 Å². The highest BCUT2D eigenvalue weighted by atomic mass is 33.1. The number of amidine groups is 1. The molecular formula is C5H8N2S2. The third-order valence-corrected chi connectivity index (χ3v) is 1.92. The fraction of sp³-hybridized carbons (Fsp3) is 0.600. The first kappa shape index (κ1) is 7.15. The summed E-state index contributed by atoms with van der Waals surface area (Å²) in [5.41, 5.74) is 0. The van der Waals surface area contributed by atoms with Crippen LogP contribution in [-0.2, 0) is 0 Å². The van der Waals surface area contributed by atoms with Crippen molar-refractivity contribution in [3.05, 3.63) is 0 Å². The molecule has 4 heteroatoms. The maximum absolute atomic E-state index is 4.13. The number of nitrogens with zero attached hydrogens (tertiary/aromatic N) is 2. The van der Waals surface area contributed by atoms with Crippen LogP contribution in [0.25, 0.3) is 0 Å². The van der Waals surface area contributed by atoms with E-state index in [-0.39, 0.29) is 0 Å². The maximum atomic E-state index is 4.13. The molecule has 0 N–H and O–H groups in total. The Morgan fingerprint density at radius 1 is 1.89 bits per heavy atom. The number of aliphatic imine (C=N–C) groups is 2. The van der Waals surface area contributed by atoms with Crippen molar-refractivity contribution in [1.29, 1.82) is 0 Å². The van der Waals surface area contributed by atoms with E-state index in [1.807, 2.05) is 6.21 Å². The second kappa shape index (κ2) is 3.27. The molecule has 0 radical (unpaired) electrons. The minimum atomic E-state index is 0.495. The quantitative estimate of drug-likeness (QED) is 0.423. The van der Waals surface area contributed by atoms with Gasteiger partial charge in [0.25, 0.3) is 0 Å². The molecule has 1 aliphatic rings. The van der Waals surface area contributed by atoms with Gasteiger partial charge in [-0.2, -0.15) is 0 Å². The Bertz CT molecular complexity index is 153. The van der Waals surface area contributed by atoms with E-state index in [9.17, 15) is 0 Å². The van der Waals surface area contributed by atoms with Gasteiger partial charge in [0.2, 0.25) is 0 Å². The molecule has 1 rings (SSSR count). The molecule has 0 aromatic heterocycles. The van der Waals surface area contributed by atoms with Crippen LogP contribution in [0.15, 0.2) is 9.98 Å². The molecule has 0 spiro atoms.